The Kier molecular flexibility index (Phi) is 4.53. The topological polar surface area (TPSA) is 108 Å². The molecule has 0 amide bonds. The van der Waals surface area contributed by atoms with Crippen molar-refractivity contribution in [2.24, 2.45) is 0 Å². The van der Waals surface area contributed by atoms with Crippen LogP contribution in [0.3, 0.4) is 0 Å². The number of rotatable bonds is 3. The van der Waals surface area contributed by atoms with Gasteiger partial charge in [-0.25, -0.2) is 19.2 Å². The van der Waals surface area contributed by atoms with Crippen LogP contribution in [0.4, 0.5) is 10.2 Å². The molecule has 1 aliphatic carbocycles. The maximum atomic E-state index is 14.0. The molecule has 1 aliphatic heterocycles. The van der Waals surface area contributed by atoms with Gasteiger partial charge in [0.1, 0.15) is 22.9 Å². The van der Waals surface area contributed by atoms with E-state index in [9.17, 15) is 14.3 Å². The Morgan fingerprint density at radius 1 is 1.26 bits per heavy atom. The molecule has 3 N–H and O–H groups in total. The lowest BCUT2D eigenvalue weighted by Gasteiger charge is -2.35. The van der Waals surface area contributed by atoms with Gasteiger partial charge in [0.2, 0.25) is 0 Å². The zero-order chi connectivity index (χ0) is 19.0. The van der Waals surface area contributed by atoms with Gasteiger partial charge in [-0.05, 0) is 18.9 Å². The minimum absolute atomic E-state index is 0.0709. The van der Waals surface area contributed by atoms with E-state index in [2.05, 4.69) is 9.97 Å². The van der Waals surface area contributed by atoms with E-state index in [1.54, 1.807) is 6.20 Å². The zero-order valence-corrected chi connectivity index (χ0v) is 14.7. The predicted octanol–water partition coefficient (Wildman–Crippen LogP) is 2.96. The van der Waals surface area contributed by atoms with Gasteiger partial charge in [0.25, 0.3) is 0 Å². The van der Waals surface area contributed by atoms with Crippen molar-refractivity contribution >= 4 is 11.8 Å². The molecule has 27 heavy (non-hydrogen) atoms. The molecular formula is C19H20FN3O4. The second-order valence-corrected chi connectivity index (χ2v) is 6.88. The number of halogens is 1. The number of hydrogen-bond donors (Lipinski definition) is 2. The second kappa shape index (κ2) is 6.86. The largest absolute Gasteiger partial charge is 0.478 e. The highest BCUT2D eigenvalue weighted by Crippen LogP contribution is 2.42. The molecular weight excluding hydrogens is 353 g/mol. The number of nitrogens with two attached hydrogens (primary N) is 1. The number of aromatic carboxylic acids is 1. The van der Waals surface area contributed by atoms with Gasteiger partial charge in [0.15, 0.2) is 5.79 Å². The number of ether oxygens (including phenoxy) is 2. The number of carboxylic acids is 1. The molecule has 1 spiro atoms. The smallest absolute Gasteiger partial charge is 0.339 e. The lowest BCUT2D eigenvalue weighted by Crippen LogP contribution is -2.34. The number of nitrogen functional groups attached to an aromatic ring is 1. The summed E-state index contributed by atoms with van der Waals surface area (Å²) in [5, 5.41) is 9.38. The Labute approximate surface area is 155 Å². The van der Waals surface area contributed by atoms with E-state index in [1.807, 2.05) is 0 Å². The van der Waals surface area contributed by atoms with E-state index in [4.69, 9.17) is 15.2 Å². The summed E-state index contributed by atoms with van der Waals surface area (Å²) in [6.45, 7) is 1.24. The summed E-state index contributed by atoms with van der Waals surface area (Å²) in [4.78, 5) is 20.3. The summed E-state index contributed by atoms with van der Waals surface area (Å²) in [5.41, 5.74) is 6.52. The molecule has 1 saturated heterocycles. The lowest BCUT2D eigenvalue weighted by molar-refractivity contribution is -0.178. The lowest BCUT2D eigenvalue weighted by atomic mass is 9.83. The molecule has 0 radical (unpaired) electrons. The van der Waals surface area contributed by atoms with Gasteiger partial charge in [0.05, 0.1) is 25.1 Å². The molecule has 1 aromatic carbocycles. The van der Waals surface area contributed by atoms with Crippen LogP contribution in [0.25, 0.3) is 11.3 Å². The maximum Gasteiger partial charge on any atom is 0.339 e. The third kappa shape index (κ3) is 3.26. The van der Waals surface area contributed by atoms with Gasteiger partial charge in [-0.2, -0.15) is 0 Å². The summed E-state index contributed by atoms with van der Waals surface area (Å²) in [7, 11) is 0. The maximum absolute atomic E-state index is 14.0. The highest BCUT2D eigenvalue weighted by Gasteiger charge is 2.41. The summed E-state index contributed by atoms with van der Waals surface area (Å²) in [6, 6.07) is 4.03. The van der Waals surface area contributed by atoms with Crippen molar-refractivity contribution < 1.29 is 23.8 Å². The van der Waals surface area contributed by atoms with Gasteiger partial charge in [-0.3, -0.25) is 0 Å². The molecule has 2 aromatic rings. The van der Waals surface area contributed by atoms with Crippen LogP contribution in [-0.4, -0.2) is 40.0 Å². The first-order chi connectivity index (χ1) is 13.0. The fraction of sp³-hybridized carbons (Fsp3) is 0.421. The Bertz CT molecular complexity index is 873. The molecule has 4 rings (SSSR count). The summed E-state index contributed by atoms with van der Waals surface area (Å²) < 4.78 is 25.5. The molecule has 2 aliphatic rings. The van der Waals surface area contributed by atoms with Crippen LogP contribution < -0.4 is 5.73 Å². The standard InChI is InChI=1S/C19H20FN3O4/c20-13-3-1-2-12(15(13)18(24)25)16-17(21)22-10-14(23-16)11-4-6-19(7-5-11)26-8-9-27-19/h1-3,10-11H,4-9H2,(H2,21,22)(H,24,25). The van der Waals surface area contributed by atoms with Crippen LogP contribution in [0, 0.1) is 5.82 Å². The van der Waals surface area contributed by atoms with Crippen LogP contribution in [-0.2, 0) is 9.47 Å². The van der Waals surface area contributed by atoms with Crippen molar-refractivity contribution in [3.63, 3.8) is 0 Å². The van der Waals surface area contributed by atoms with Crippen LogP contribution in [0.1, 0.15) is 47.7 Å². The first kappa shape index (κ1) is 17.8. The molecule has 0 bridgehead atoms. The summed E-state index contributed by atoms with van der Waals surface area (Å²) >= 11 is 0. The fourth-order valence-corrected chi connectivity index (χ4v) is 3.88. The van der Waals surface area contributed by atoms with Gasteiger partial charge in [-0.1, -0.05) is 12.1 Å². The Balaban J connectivity index is 1.65. The highest BCUT2D eigenvalue weighted by molar-refractivity contribution is 5.97. The third-order valence-corrected chi connectivity index (χ3v) is 5.28. The monoisotopic (exact) mass is 373 g/mol. The van der Waals surface area contributed by atoms with Crippen molar-refractivity contribution in [3.05, 3.63) is 41.5 Å². The average Bonchev–Trinajstić information content (AvgIpc) is 3.10. The van der Waals surface area contributed by atoms with Crippen molar-refractivity contribution in [1.82, 2.24) is 9.97 Å². The van der Waals surface area contributed by atoms with Gasteiger partial charge < -0.3 is 20.3 Å². The number of carbonyl (C=O) groups is 1. The van der Waals surface area contributed by atoms with E-state index in [0.29, 0.717) is 18.9 Å². The van der Waals surface area contributed by atoms with Crippen molar-refractivity contribution in [2.75, 3.05) is 18.9 Å². The van der Waals surface area contributed by atoms with E-state index in [0.717, 1.165) is 31.7 Å². The predicted molar refractivity (Wildman–Crippen MR) is 94.6 cm³/mol. The van der Waals surface area contributed by atoms with Gasteiger partial charge in [-0.15, -0.1) is 0 Å². The number of aromatic nitrogens is 2. The van der Waals surface area contributed by atoms with Crippen LogP contribution in [0.2, 0.25) is 0 Å². The molecule has 8 heteroatoms. The first-order valence-corrected chi connectivity index (χ1v) is 8.91. The molecule has 0 atom stereocenters. The fourth-order valence-electron chi connectivity index (χ4n) is 3.88. The number of hydrogen-bond acceptors (Lipinski definition) is 6. The summed E-state index contributed by atoms with van der Waals surface area (Å²) in [6.07, 6.45) is 4.76. The van der Waals surface area contributed by atoms with Crippen molar-refractivity contribution in [1.29, 1.82) is 0 Å². The quantitative estimate of drug-likeness (QED) is 0.851. The molecule has 7 nitrogen and oxygen atoms in total. The van der Waals surface area contributed by atoms with Crippen LogP contribution in [0.5, 0.6) is 0 Å². The summed E-state index contributed by atoms with van der Waals surface area (Å²) in [5.74, 6) is -2.47. The molecule has 2 fully saturated rings. The third-order valence-electron chi connectivity index (χ3n) is 5.28. The molecule has 0 unspecified atom stereocenters. The number of nitrogens with zero attached hydrogens (tertiary/aromatic N) is 2. The van der Waals surface area contributed by atoms with E-state index in [-0.39, 0.29) is 23.0 Å². The van der Waals surface area contributed by atoms with Gasteiger partial charge >= 0.3 is 5.97 Å². The second-order valence-electron chi connectivity index (χ2n) is 6.88. The van der Waals surface area contributed by atoms with E-state index < -0.39 is 23.1 Å². The zero-order valence-electron chi connectivity index (χ0n) is 14.7. The molecule has 1 saturated carbocycles. The minimum atomic E-state index is -1.37. The van der Waals surface area contributed by atoms with E-state index in [1.165, 1.54) is 12.1 Å². The number of benzene rings is 1. The highest BCUT2D eigenvalue weighted by atomic mass is 19.1. The number of carboxylic acid groups (broad SMARTS) is 1. The van der Waals surface area contributed by atoms with Crippen LogP contribution >= 0.6 is 0 Å². The van der Waals surface area contributed by atoms with E-state index >= 15 is 0 Å². The minimum Gasteiger partial charge on any atom is -0.478 e. The molecule has 142 valence electrons. The van der Waals surface area contributed by atoms with Crippen molar-refractivity contribution in [3.8, 4) is 11.3 Å². The Hall–Kier alpha value is -2.58. The van der Waals surface area contributed by atoms with Crippen LogP contribution in [0.15, 0.2) is 24.4 Å². The Morgan fingerprint density at radius 2 is 1.96 bits per heavy atom. The SMILES string of the molecule is Nc1ncc(C2CCC3(CC2)OCCO3)nc1-c1cccc(F)c1C(=O)O. The molecule has 1 aromatic heterocycles. The van der Waals surface area contributed by atoms with Crippen molar-refractivity contribution in [2.45, 2.75) is 37.4 Å². The van der Waals surface area contributed by atoms with Gasteiger partial charge in [0, 0.05) is 24.3 Å². The molecule has 2 heterocycles. The number of anilines is 1. The normalized spacial score (nSPS) is 19.4. The first-order valence-electron chi connectivity index (χ1n) is 8.91. The Morgan fingerprint density at radius 3 is 2.63 bits per heavy atom. The average molecular weight is 373 g/mol.